The van der Waals surface area contributed by atoms with E-state index in [2.05, 4.69) is 10.2 Å². The van der Waals surface area contributed by atoms with E-state index < -0.39 is 0 Å². The predicted molar refractivity (Wildman–Crippen MR) is 96.6 cm³/mol. The molecule has 1 aliphatic rings. The molecule has 1 aromatic carbocycles. The van der Waals surface area contributed by atoms with E-state index in [4.69, 9.17) is 0 Å². The number of carbonyl (C=O) groups is 1. The fourth-order valence-corrected chi connectivity index (χ4v) is 3.42. The molecule has 0 radical (unpaired) electrons. The molecule has 1 amide bonds. The first-order valence-corrected chi connectivity index (χ1v) is 9.09. The number of nitrogens with zero attached hydrogens (tertiary/aromatic N) is 2. The zero-order valence-electron chi connectivity index (χ0n) is 14.5. The summed E-state index contributed by atoms with van der Waals surface area (Å²) in [5, 5.41) is 3.07. The number of rotatable bonds is 7. The quantitative estimate of drug-likeness (QED) is 0.837. The van der Waals surface area contributed by atoms with Crippen LogP contribution in [0.1, 0.15) is 37.3 Å². The summed E-state index contributed by atoms with van der Waals surface area (Å²) in [5.74, 6) is -0.172. The smallest absolute Gasteiger partial charge is 0.221 e. The molecule has 1 saturated heterocycles. The number of carbonyl (C=O) groups excluding carboxylic acids is 1. The average molecular weight is 343 g/mol. The maximum atomic E-state index is 13.3. The molecule has 0 unspecified atom stereocenters. The van der Waals surface area contributed by atoms with Crippen LogP contribution in [-0.2, 0) is 11.3 Å². The fraction of sp³-hybridized carbons (Fsp3) is 0.450. The Kier molecular flexibility index (Phi) is 6.23. The van der Waals surface area contributed by atoms with Crippen LogP contribution in [0.25, 0.3) is 0 Å². The number of nitrogens with one attached hydrogen (secondary N) is 1. The third-order valence-corrected chi connectivity index (χ3v) is 4.84. The molecule has 2 aromatic rings. The lowest BCUT2D eigenvalue weighted by atomic mass is 10.0. The first-order chi connectivity index (χ1) is 12.2. The Balaban J connectivity index is 1.58. The lowest BCUT2D eigenvalue weighted by Gasteiger charge is -2.35. The van der Waals surface area contributed by atoms with E-state index in [9.17, 15) is 9.18 Å². The van der Waals surface area contributed by atoms with Gasteiger partial charge in [0.1, 0.15) is 5.82 Å². The van der Waals surface area contributed by atoms with Gasteiger partial charge in [0.05, 0.1) is 6.04 Å². The third kappa shape index (κ3) is 5.16. The summed E-state index contributed by atoms with van der Waals surface area (Å²) < 4.78 is 15.3. The standard InChI is InChI=1S/C20H26FN3O/c21-18-8-6-17(7-9-18)19(24-13-2-1-3-14-24)16-22-20(25)10-15-23-11-4-5-12-23/h4-9,11-12,19H,1-3,10,13-16H2,(H,22,25)/t19-/m0/s1. The van der Waals surface area contributed by atoms with Crippen LogP contribution in [0.4, 0.5) is 4.39 Å². The van der Waals surface area contributed by atoms with Crippen molar-refractivity contribution in [1.29, 1.82) is 0 Å². The van der Waals surface area contributed by atoms with E-state index in [1.807, 2.05) is 41.2 Å². The van der Waals surface area contributed by atoms with Crippen molar-refractivity contribution in [2.45, 2.75) is 38.3 Å². The van der Waals surface area contributed by atoms with Crippen LogP contribution in [0.3, 0.4) is 0 Å². The van der Waals surface area contributed by atoms with Crippen LogP contribution < -0.4 is 5.32 Å². The highest BCUT2D eigenvalue weighted by Crippen LogP contribution is 2.24. The molecule has 0 bridgehead atoms. The third-order valence-electron chi connectivity index (χ3n) is 4.84. The van der Waals surface area contributed by atoms with Crippen molar-refractivity contribution in [1.82, 2.24) is 14.8 Å². The Labute approximate surface area is 148 Å². The number of hydrogen-bond acceptors (Lipinski definition) is 2. The second kappa shape index (κ2) is 8.81. The molecule has 3 rings (SSSR count). The van der Waals surface area contributed by atoms with E-state index in [0.717, 1.165) is 18.7 Å². The van der Waals surface area contributed by atoms with Crippen molar-refractivity contribution in [2.75, 3.05) is 19.6 Å². The molecule has 5 heteroatoms. The minimum atomic E-state index is -0.225. The number of piperidine rings is 1. The van der Waals surface area contributed by atoms with Crippen molar-refractivity contribution in [3.8, 4) is 0 Å². The molecule has 0 spiro atoms. The number of aromatic nitrogens is 1. The van der Waals surface area contributed by atoms with Crippen molar-refractivity contribution in [3.63, 3.8) is 0 Å². The Morgan fingerprint density at radius 1 is 1.08 bits per heavy atom. The molecule has 25 heavy (non-hydrogen) atoms. The Morgan fingerprint density at radius 2 is 1.76 bits per heavy atom. The monoisotopic (exact) mass is 343 g/mol. The number of amides is 1. The Morgan fingerprint density at radius 3 is 2.44 bits per heavy atom. The summed E-state index contributed by atoms with van der Waals surface area (Å²) >= 11 is 0. The number of halogens is 1. The maximum Gasteiger partial charge on any atom is 0.221 e. The van der Waals surface area contributed by atoms with Crippen molar-refractivity contribution in [3.05, 3.63) is 60.2 Å². The summed E-state index contributed by atoms with van der Waals surface area (Å²) in [5.41, 5.74) is 1.06. The fourth-order valence-electron chi connectivity index (χ4n) is 3.42. The minimum Gasteiger partial charge on any atom is -0.354 e. The number of benzene rings is 1. The molecule has 1 atom stereocenters. The molecule has 1 aliphatic heterocycles. The van der Waals surface area contributed by atoms with Crippen molar-refractivity contribution in [2.24, 2.45) is 0 Å². The summed E-state index contributed by atoms with van der Waals surface area (Å²) in [6.45, 7) is 3.31. The number of hydrogen-bond donors (Lipinski definition) is 1. The van der Waals surface area contributed by atoms with Crippen LogP contribution in [0, 0.1) is 5.82 Å². The molecule has 4 nitrogen and oxygen atoms in total. The van der Waals surface area contributed by atoms with E-state index in [1.165, 1.54) is 31.4 Å². The summed E-state index contributed by atoms with van der Waals surface area (Å²) in [6.07, 6.45) is 8.00. The highest BCUT2D eigenvalue weighted by molar-refractivity contribution is 5.75. The molecule has 134 valence electrons. The van der Waals surface area contributed by atoms with Crippen LogP contribution in [0.15, 0.2) is 48.8 Å². The molecule has 0 aliphatic carbocycles. The van der Waals surface area contributed by atoms with Gasteiger partial charge >= 0.3 is 0 Å². The summed E-state index contributed by atoms with van der Waals surface area (Å²) in [4.78, 5) is 14.6. The zero-order valence-corrected chi connectivity index (χ0v) is 14.5. The Bertz CT molecular complexity index is 648. The molecule has 1 N–H and O–H groups in total. The van der Waals surface area contributed by atoms with Gasteiger partial charge in [0.15, 0.2) is 0 Å². The zero-order chi connectivity index (χ0) is 17.5. The Hall–Kier alpha value is -2.14. The molecule has 2 heterocycles. The highest BCUT2D eigenvalue weighted by atomic mass is 19.1. The van der Waals surface area contributed by atoms with Gasteiger partial charge in [-0.2, -0.15) is 0 Å². The van der Waals surface area contributed by atoms with Gasteiger partial charge in [-0.05, 0) is 55.8 Å². The van der Waals surface area contributed by atoms with Crippen LogP contribution in [-0.4, -0.2) is 35.0 Å². The van der Waals surface area contributed by atoms with Gasteiger partial charge in [0.25, 0.3) is 0 Å². The van der Waals surface area contributed by atoms with E-state index >= 15 is 0 Å². The lowest BCUT2D eigenvalue weighted by molar-refractivity contribution is -0.121. The van der Waals surface area contributed by atoms with Crippen molar-refractivity contribution >= 4 is 5.91 Å². The average Bonchev–Trinajstić information content (AvgIpc) is 3.16. The first kappa shape index (κ1) is 17.7. The van der Waals surface area contributed by atoms with Gasteiger partial charge in [-0.1, -0.05) is 18.6 Å². The first-order valence-electron chi connectivity index (χ1n) is 9.09. The van der Waals surface area contributed by atoms with Gasteiger partial charge in [0, 0.05) is 31.9 Å². The molecule has 1 aromatic heterocycles. The van der Waals surface area contributed by atoms with E-state index in [1.54, 1.807) is 0 Å². The van der Waals surface area contributed by atoms with E-state index in [0.29, 0.717) is 19.5 Å². The largest absolute Gasteiger partial charge is 0.354 e. The lowest BCUT2D eigenvalue weighted by Crippen LogP contribution is -2.40. The van der Waals surface area contributed by atoms with Crippen molar-refractivity contribution < 1.29 is 9.18 Å². The normalized spacial score (nSPS) is 16.5. The minimum absolute atomic E-state index is 0.0535. The van der Waals surface area contributed by atoms with Gasteiger partial charge in [-0.3, -0.25) is 9.69 Å². The van der Waals surface area contributed by atoms with Gasteiger partial charge in [-0.25, -0.2) is 4.39 Å². The van der Waals surface area contributed by atoms with Gasteiger partial charge < -0.3 is 9.88 Å². The molecular weight excluding hydrogens is 317 g/mol. The van der Waals surface area contributed by atoms with Crippen LogP contribution >= 0.6 is 0 Å². The topological polar surface area (TPSA) is 37.3 Å². The molecule has 1 fully saturated rings. The second-order valence-corrected chi connectivity index (χ2v) is 6.64. The second-order valence-electron chi connectivity index (χ2n) is 6.64. The number of likely N-dealkylation sites (tertiary alicyclic amines) is 1. The predicted octanol–water partition coefficient (Wildman–Crippen LogP) is 3.36. The maximum absolute atomic E-state index is 13.3. The van der Waals surface area contributed by atoms with E-state index in [-0.39, 0.29) is 17.8 Å². The summed E-state index contributed by atoms with van der Waals surface area (Å²) in [7, 11) is 0. The highest BCUT2D eigenvalue weighted by Gasteiger charge is 2.22. The SMILES string of the molecule is O=C(CCn1cccc1)NC[C@@H](c1ccc(F)cc1)N1CCCCC1. The number of aryl methyl sites for hydroxylation is 1. The summed E-state index contributed by atoms with van der Waals surface area (Å²) in [6, 6.07) is 10.7. The van der Waals surface area contributed by atoms with Crippen LogP contribution in [0.5, 0.6) is 0 Å². The molecular formula is C20H26FN3O. The van der Waals surface area contributed by atoms with Gasteiger partial charge in [0.2, 0.25) is 5.91 Å². The van der Waals surface area contributed by atoms with Gasteiger partial charge in [-0.15, -0.1) is 0 Å². The molecule has 0 saturated carbocycles. The van der Waals surface area contributed by atoms with Crippen LogP contribution in [0.2, 0.25) is 0 Å².